The number of hydrogen-bond acceptors (Lipinski definition) is 3. The highest BCUT2D eigenvalue weighted by Gasteiger charge is 1.81. The van der Waals surface area contributed by atoms with E-state index in [9.17, 15) is 0 Å². The predicted molar refractivity (Wildman–Crippen MR) is 37.4 cm³/mol. The van der Waals surface area contributed by atoms with Gasteiger partial charge in [0.1, 0.15) is 0 Å². The van der Waals surface area contributed by atoms with Crippen molar-refractivity contribution in [1.82, 2.24) is 4.98 Å². The van der Waals surface area contributed by atoms with Crippen molar-refractivity contribution in [2.45, 2.75) is 0 Å². The molecule has 0 bridgehead atoms. The topological polar surface area (TPSA) is 37.3 Å². The molecule has 0 spiro atoms. The van der Waals surface area contributed by atoms with Crippen molar-refractivity contribution < 1.29 is 0 Å². The summed E-state index contributed by atoms with van der Waals surface area (Å²) in [5, 5.41) is 3.48. The first-order chi connectivity index (χ1) is 4.43. The standard InChI is InChI=1S/C6H7N3/c1-7-9-6-2-4-8-5-3-6/h2-5H,1H2,(H,8,9). The fourth-order valence-electron chi connectivity index (χ4n) is 0.518. The van der Waals surface area contributed by atoms with Crippen LogP contribution in [0.15, 0.2) is 29.6 Å². The van der Waals surface area contributed by atoms with Crippen molar-refractivity contribution in [1.29, 1.82) is 0 Å². The minimum absolute atomic E-state index is 0.903. The molecule has 0 atom stereocenters. The van der Waals surface area contributed by atoms with Crippen molar-refractivity contribution >= 4 is 12.4 Å². The van der Waals surface area contributed by atoms with E-state index in [1.54, 1.807) is 12.4 Å². The highest BCUT2D eigenvalue weighted by Crippen LogP contribution is 2.01. The van der Waals surface area contributed by atoms with E-state index in [1.165, 1.54) is 0 Å². The van der Waals surface area contributed by atoms with Gasteiger partial charge in [0.25, 0.3) is 0 Å². The van der Waals surface area contributed by atoms with Crippen LogP contribution < -0.4 is 5.43 Å². The lowest BCUT2D eigenvalue weighted by Gasteiger charge is -1.94. The van der Waals surface area contributed by atoms with E-state index in [4.69, 9.17) is 0 Å². The summed E-state index contributed by atoms with van der Waals surface area (Å²) in [4.78, 5) is 3.83. The molecule has 1 aromatic rings. The van der Waals surface area contributed by atoms with Gasteiger partial charge in [-0.15, -0.1) is 0 Å². The highest BCUT2D eigenvalue weighted by molar-refractivity contribution is 5.42. The lowest BCUT2D eigenvalue weighted by molar-refractivity contribution is 1.29. The first-order valence-corrected chi connectivity index (χ1v) is 2.55. The highest BCUT2D eigenvalue weighted by atomic mass is 15.3. The lowest BCUT2D eigenvalue weighted by Crippen LogP contribution is -1.84. The summed E-state index contributed by atoms with van der Waals surface area (Å²) in [6.07, 6.45) is 3.38. The number of anilines is 1. The Kier molecular flexibility index (Phi) is 1.80. The first kappa shape index (κ1) is 5.75. The maximum atomic E-state index is 3.83. The molecule has 0 radical (unpaired) electrons. The Balaban J connectivity index is 2.72. The SMILES string of the molecule is C=NNc1ccncc1. The zero-order chi connectivity index (χ0) is 6.53. The quantitative estimate of drug-likeness (QED) is 0.470. The third-order valence-corrected chi connectivity index (χ3v) is 0.888. The smallest absolute Gasteiger partial charge is 0.0592 e. The van der Waals surface area contributed by atoms with Crippen LogP contribution in [0.5, 0.6) is 0 Å². The average molecular weight is 121 g/mol. The molecular weight excluding hydrogens is 114 g/mol. The number of aromatic nitrogens is 1. The van der Waals surface area contributed by atoms with Crippen LogP contribution in [-0.2, 0) is 0 Å². The minimum Gasteiger partial charge on any atom is -0.279 e. The Labute approximate surface area is 53.4 Å². The van der Waals surface area contributed by atoms with Crippen molar-refractivity contribution in [3.63, 3.8) is 0 Å². The molecule has 1 heterocycles. The molecule has 0 saturated heterocycles. The summed E-state index contributed by atoms with van der Waals surface area (Å²) in [5.41, 5.74) is 3.58. The van der Waals surface area contributed by atoms with Crippen LogP contribution in [0.3, 0.4) is 0 Å². The lowest BCUT2D eigenvalue weighted by atomic mass is 10.4. The zero-order valence-corrected chi connectivity index (χ0v) is 4.91. The molecule has 1 rings (SSSR count). The van der Waals surface area contributed by atoms with Gasteiger partial charge < -0.3 is 0 Å². The molecule has 46 valence electrons. The summed E-state index contributed by atoms with van der Waals surface area (Å²) in [6, 6.07) is 3.63. The molecule has 0 aliphatic heterocycles. The third kappa shape index (κ3) is 1.53. The molecule has 3 nitrogen and oxygen atoms in total. The molecule has 0 saturated carbocycles. The van der Waals surface area contributed by atoms with Gasteiger partial charge in [-0.2, -0.15) is 5.10 Å². The summed E-state index contributed by atoms with van der Waals surface area (Å²) < 4.78 is 0. The first-order valence-electron chi connectivity index (χ1n) is 2.55. The van der Waals surface area contributed by atoms with Gasteiger partial charge in [0.15, 0.2) is 0 Å². The average Bonchev–Trinajstić information content (AvgIpc) is 1.91. The van der Waals surface area contributed by atoms with Gasteiger partial charge in [0.05, 0.1) is 5.69 Å². The van der Waals surface area contributed by atoms with E-state index >= 15 is 0 Å². The molecule has 0 aliphatic rings. The van der Waals surface area contributed by atoms with Gasteiger partial charge >= 0.3 is 0 Å². The summed E-state index contributed by atoms with van der Waals surface area (Å²) in [5.74, 6) is 0. The van der Waals surface area contributed by atoms with Crippen molar-refractivity contribution in [3.05, 3.63) is 24.5 Å². The van der Waals surface area contributed by atoms with Crippen molar-refractivity contribution in [3.8, 4) is 0 Å². The van der Waals surface area contributed by atoms with Crippen LogP contribution in [0.4, 0.5) is 5.69 Å². The van der Waals surface area contributed by atoms with Gasteiger partial charge in [0.2, 0.25) is 0 Å². The summed E-state index contributed by atoms with van der Waals surface area (Å²) in [6.45, 7) is 3.27. The van der Waals surface area contributed by atoms with Crippen LogP contribution in [-0.4, -0.2) is 11.7 Å². The van der Waals surface area contributed by atoms with Crippen LogP contribution in [0.2, 0.25) is 0 Å². The number of rotatable bonds is 2. The Hall–Kier alpha value is -1.38. The second-order valence-corrected chi connectivity index (χ2v) is 1.51. The Bertz CT molecular complexity index is 183. The van der Waals surface area contributed by atoms with Crippen LogP contribution in [0.25, 0.3) is 0 Å². The van der Waals surface area contributed by atoms with E-state index in [-0.39, 0.29) is 0 Å². The maximum Gasteiger partial charge on any atom is 0.0592 e. The van der Waals surface area contributed by atoms with Gasteiger partial charge in [-0.25, -0.2) is 0 Å². The summed E-state index contributed by atoms with van der Waals surface area (Å²) >= 11 is 0. The minimum atomic E-state index is 0.903. The maximum absolute atomic E-state index is 3.83. The summed E-state index contributed by atoms with van der Waals surface area (Å²) in [7, 11) is 0. The molecule has 3 heteroatoms. The largest absolute Gasteiger partial charge is 0.279 e. The number of pyridine rings is 1. The fourth-order valence-corrected chi connectivity index (χ4v) is 0.518. The molecular formula is C6H7N3. The van der Waals surface area contributed by atoms with Gasteiger partial charge in [0, 0.05) is 19.1 Å². The normalized spacial score (nSPS) is 8.44. The van der Waals surface area contributed by atoms with E-state index < -0.39 is 0 Å². The number of nitrogens with zero attached hydrogens (tertiary/aromatic N) is 2. The molecule has 0 amide bonds. The molecule has 1 N–H and O–H groups in total. The second kappa shape index (κ2) is 2.81. The second-order valence-electron chi connectivity index (χ2n) is 1.51. The monoisotopic (exact) mass is 121 g/mol. The van der Waals surface area contributed by atoms with Gasteiger partial charge in [-0.05, 0) is 12.1 Å². The van der Waals surface area contributed by atoms with E-state index in [0.29, 0.717) is 0 Å². The van der Waals surface area contributed by atoms with Crippen molar-refractivity contribution in [2.24, 2.45) is 5.10 Å². The van der Waals surface area contributed by atoms with Gasteiger partial charge in [-0.3, -0.25) is 10.4 Å². The molecule has 0 aromatic carbocycles. The van der Waals surface area contributed by atoms with Crippen LogP contribution in [0, 0.1) is 0 Å². The van der Waals surface area contributed by atoms with Gasteiger partial charge in [-0.1, -0.05) is 0 Å². The number of nitrogens with one attached hydrogen (secondary N) is 1. The van der Waals surface area contributed by atoms with E-state index in [1.807, 2.05) is 12.1 Å². The van der Waals surface area contributed by atoms with E-state index in [0.717, 1.165) is 5.69 Å². The molecule has 0 aliphatic carbocycles. The van der Waals surface area contributed by atoms with E-state index in [2.05, 4.69) is 22.2 Å². The molecule has 1 aromatic heterocycles. The van der Waals surface area contributed by atoms with Crippen LogP contribution in [0.1, 0.15) is 0 Å². The molecule has 9 heavy (non-hydrogen) atoms. The predicted octanol–water partition coefficient (Wildman–Crippen LogP) is 1.11. The molecule has 0 fully saturated rings. The fraction of sp³-hybridized carbons (Fsp3) is 0. The zero-order valence-electron chi connectivity index (χ0n) is 4.91. The van der Waals surface area contributed by atoms with Crippen molar-refractivity contribution in [2.75, 3.05) is 5.43 Å². The van der Waals surface area contributed by atoms with Crippen LogP contribution >= 0.6 is 0 Å². The molecule has 0 unspecified atom stereocenters. The Morgan fingerprint density at radius 2 is 2.11 bits per heavy atom. The third-order valence-electron chi connectivity index (χ3n) is 0.888. The number of hydrazone groups is 1. The Morgan fingerprint density at radius 1 is 1.44 bits per heavy atom. The Morgan fingerprint density at radius 3 is 2.67 bits per heavy atom. The number of hydrogen-bond donors (Lipinski definition) is 1.